The summed E-state index contributed by atoms with van der Waals surface area (Å²) < 4.78 is 4.65. The fourth-order valence-corrected chi connectivity index (χ4v) is 1.59. The zero-order chi connectivity index (χ0) is 11.3. The van der Waals surface area contributed by atoms with E-state index in [2.05, 4.69) is 4.74 Å². The molecular weight excluding hydrogens is 193 g/mol. The minimum Gasteiger partial charge on any atom is -0.464 e. The third-order valence-corrected chi connectivity index (χ3v) is 2.33. The van der Waals surface area contributed by atoms with Crippen LogP contribution in [0.15, 0.2) is 11.7 Å². The van der Waals surface area contributed by atoms with Gasteiger partial charge >= 0.3 is 5.97 Å². The fourth-order valence-electron chi connectivity index (χ4n) is 1.59. The summed E-state index contributed by atoms with van der Waals surface area (Å²) in [5, 5.41) is 0. The van der Waals surface area contributed by atoms with Crippen LogP contribution in [0.5, 0.6) is 0 Å². The van der Waals surface area contributed by atoms with Gasteiger partial charge in [-0.05, 0) is 12.8 Å². The number of carbonyl (C=O) groups is 2. The molecule has 1 amide bonds. The lowest BCUT2D eigenvalue weighted by Gasteiger charge is -2.27. The van der Waals surface area contributed by atoms with Crippen molar-refractivity contribution >= 4 is 19.2 Å². The first kappa shape index (κ1) is 11.8. The molecular formula is C10H15BNO3. The lowest BCUT2D eigenvalue weighted by Crippen LogP contribution is -2.37. The second kappa shape index (κ2) is 5.58. The number of piperidine rings is 1. The second-order valence-electron chi connectivity index (χ2n) is 3.38. The Bertz CT molecular complexity index is 288. The number of nitrogens with zero attached hydrogens (tertiary/aromatic N) is 1. The molecule has 1 saturated heterocycles. The zero-order valence-electron chi connectivity index (χ0n) is 9.16. The Labute approximate surface area is 90.5 Å². The lowest BCUT2D eigenvalue weighted by molar-refractivity contribution is -0.143. The molecule has 0 aromatic rings. The average molecular weight is 208 g/mol. The molecule has 0 saturated carbocycles. The molecule has 0 aromatic carbocycles. The first-order valence-electron chi connectivity index (χ1n) is 5.09. The Morgan fingerprint density at radius 3 is 2.80 bits per heavy atom. The van der Waals surface area contributed by atoms with E-state index in [1.54, 1.807) is 20.1 Å². The summed E-state index contributed by atoms with van der Waals surface area (Å²) >= 11 is 0. The van der Waals surface area contributed by atoms with Crippen LogP contribution in [0.1, 0.15) is 19.3 Å². The highest BCUT2D eigenvalue weighted by Crippen LogP contribution is 2.16. The molecule has 4 nitrogen and oxygen atoms in total. The van der Waals surface area contributed by atoms with Crippen LogP contribution in [-0.4, -0.2) is 37.7 Å². The van der Waals surface area contributed by atoms with E-state index in [4.69, 9.17) is 0 Å². The van der Waals surface area contributed by atoms with Crippen LogP contribution >= 0.6 is 0 Å². The summed E-state index contributed by atoms with van der Waals surface area (Å²) in [4.78, 5) is 24.5. The Morgan fingerprint density at radius 2 is 2.27 bits per heavy atom. The molecule has 1 radical (unpaired) electrons. The van der Waals surface area contributed by atoms with E-state index in [1.165, 1.54) is 12.0 Å². The number of hydrogen-bond acceptors (Lipinski definition) is 3. The maximum absolute atomic E-state index is 11.6. The molecule has 0 bridgehead atoms. The molecule has 0 atom stereocenters. The van der Waals surface area contributed by atoms with Gasteiger partial charge in [0.25, 0.3) is 0 Å². The monoisotopic (exact) mass is 208 g/mol. The Balaban J connectivity index is 2.83. The van der Waals surface area contributed by atoms with E-state index in [0.717, 1.165) is 12.8 Å². The van der Waals surface area contributed by atoms with Crippen molar-refractivity contribution in [1.82, 2.24) is 4.90 Å². The molecule has 81 valence electrons. The number of amides is 1. The summed E-state index contributed by atoms with van der Waals surface area (Å²) in [6.07, 6.45) is 2.35. The van der Waals surface area contributed by atoms with Crippen molar-refractivity contribution in [3.05, 3.63) is 11.7 Å². The zero-order valence-corrected chi connectivity index (χ0v) is 9.16. The van der Waals surface area contributed by atoms with E-state index in [9.17, 15) is 9.59 Å². The predicted octanol–water partition coefficient (Wildman–Crippen LogP) is 0.766. The number of ether oxygens (including phenoxy) is 1. The van der Waals surface area contributed by atoms with Gasteiger partial charge in [0.15, 0.2) is 0 Å². The molecule has 1 fully saturated rings. The maximum atomic E-state index is 11.6. The van der Waals surface area contributed by atoms with Crippen molar-refractivity contribution in [2.75, 3.05) is 13.7 Å². The first-order valence-corrected chi connectivity index (χ1v) is 5.09. The highest BCUT2D eigenvalue weighted by Gasteiger charge is 2.25. The summed E-state index contributed by atoms with van der Waals surface area (Å²) in [7, 11) is 3.05. The number of rotatable bonds is 3. The number of carbonyl (C=O) groups excluding carboxylic acids is 2. The van der Waals surface area contributed by atoms with Crippen LogP contribution in [0.2, 0.25) is 6.82 Å². The normalized spacial score (nSPS) is 17.6. The predicted molar refractivity (Wildman–Crippen MR) is 57.3 cm³/mol. The summed E-state index contributed by atoms with van der Waals surface area (Å²) in [6, 6.07) is 0. The molecule has 1 aliphatic rings. The van der Waals surface area contributed by atoms with Gasteiger partial charge in [0.1, 0.15) is 13.0 Å². The molecule has 0 N–H and O–H groups in total. The van der Waals surface area contributed by atoms with Gasteiger partial charge in [-0.25, -0.2) is 4.79 Å². The minimum absolute atomic E-state index is 0.000231. The van der Waals surface area contributed by atoms with Crippen molar-refractivity contribution < 1.29 is 14.3 Å². The van der Waals surface area contributed by atoms with Gasteiger partial charge in [-0.2, -0.15) is 0 Å². The molecule has 5 heteroatoms. The van der Waals surface area contributed by atoms with Gasteiger partial charge in [0.05, 0.1) is 7.11 Å². The number of esters is 1. The third kappa shape index (κ3) is 2.84. The Kier molecular flexibility index (Phi) is 4.40. The number of likely N-dealkylation sites (tertiary alicyclic amines) is 1. The van der Waals surface area contributed by atoms with E-state index >= 15 is 0 Å². The highest BCUT2D eigenvalue weighted by molar-refractivity contribution is 6.41. The average Bonchev–Trinajstić information content (AvgIpc) is 2.26. The highest BCUT2D eigenvalue weighted by atomic mass is 16.5. The molecule has 0 spiro atoms. The van der Waals surface area contributed by atoms with Crippen molar-refractivity contribution in [2.24, 2.45) is 0 Å². The van der Waals surface area contributed by atoms with Gasteiger partial charge in [-0.1, -0.05) is 12.8 Å². The molecule has 1 aliphatic heterocycles. The van der Waals surface area contributed by atoms with Crippen LogP contribution in [-0.2, 0) is 14.3 Å². The second-order valence-corrected chi connectivity index (χ2v) is 3.38. The molecule has 15 heavy (non-hydrogen) atoms. The quantitative estimate of drug-likeness (QED) is 0.391. The molecule has 0 unspecified atom stereocenters. The molecule has 0 aliphatic carbocycles. The van der Waals surface area contributed by atoms with Crippen LogP contribution < -0.4 is 0 Å². The van der Waals surface area contributed by atoms with E-state index < -0.39 is 5.97 Å². The lowest BCUT2D eigenvalue weighted by atomic mass is 9.81. The SMILES string of the molecule is C[B]/C=C(/C(=O)OC)N1CCCCC1=O. The summed E-state index contributed by atoms with van der Waals surface area (Å²) in [5.41, 5.74) is 0.338. The van der Waals surface area contributed by atoms with Crippen molar-refractivity contribution in [3.8, 4) is 0 Å². The maximum Gasteiger partial charge on any atom is 0.353 e. The van der Waals surface area contributed by atoms with Gasteiger partial charge in [0.2, 0.25) is 5.91 Å². The first-order chi connectivity index (χ1) is 7.20. The van der Waals surface area contributed by atoms with Crippen molar-refractivity contribution in [2.45, 2.75) is 26.1 Å². The number of methoxy groups -OCH3 is 1. The Morgan fingerprint density at radius 1 is 1.53 bits per heavy atom. The van der Waals surface area contributed by atoms with Crippen LogP contribution in [0.3, 0.4) is 0 Å². The topological polar surface area (TPSA) is 46.6 Å². The largest absolute Gasteiger partial charge is 0.464 e. The van der Waals surface area contributed by atoms with Gasteiger partial charge in [-0.3, -0.25) is 4.79 Å². The van der Waals surface area contributed by atoms with E-state index in [1.807, 2.05) is 0 Å². The Hall–Kier alpha value is -1.26. The van der Waals surface area contributed by atoms with E-state index in [-0.39, 0.29) is 5.91 Å². The molecule has 1 heterocycles. The van der Waals surface area contributed by atoms with Crippen molar-refractivity contribution in [3.63, 3.8) is 0 Å². The summed E-state index contributed by atoms with van der Waals surface area (Å²) in [6.45, 7) is 2.41. The van der Waals surface area contributed by atoms with Gasteiger partial charge < -0.3 is 9.64 Å². The van der Waals surface area contributed by atoms with Gasteiger partial charge in [0, 0.05) is 13.0 Å². The van der Waals surface area contributed by atoms with Crippen LogP contribution in [0.25, 0.3) is 0 Å². The minimum atomic E-state index is -0.455. The van der Waals surface area contributed by atoms with Gasteiger partial charge in [-0.15, -0.1) is 0 Å². The number of hydrogen-bond donors (Lipinski definition) is 0. The molecule has 0 aromatic heterocycles. The van der Waals surface area contributed by atoms with E-state index in [0.29, 0.717) is 18.7 Å². The smallest absolute Gasteiger partial charge is 0.353 e. The summed E-state index contributed by atoms with van der Waals surface area (Å²) in [5.74, 6) is 1.16. The standard InChI is InChI=1S/C10H15BNO3/c1-11-7-8(10(14)15-2)12-6-4-3-5-9(12)13/h7H,3-6H2,1-2H3/b8-7-. The third-order valence-electron chi connectivity index (χ3n) is 2.33. The van der Waals surface area contributed by atoms with Crippen LogP contribution in [0, 0.1) is 0 Å². The van der Waals surface area contributed by atoms with Crippen molar-refractivity contribution in [1.29, 1.82) is 0 Å². The van der Waals surface area contributed by atoms with Crippen LogP contribution in [0.4, 0.5) is 0 Å². The fraction of sp³-hybridized carbons (Fsp3) is 0.600. The molecule has 1 rings (SSSR count).